The topological polar surface area (TPSA) is 41.5 Å². The Bertz CT molecular complexity index is 671. The highest BCUT2D eigenvalue weighted by atomic mass is 19.4. The molecule has 0 saturated heterocycles. The second-order valence-corrected chi connectivity index (χ2v) is 5.23. The van der Waals surface area contributed by atoms with Gasteiger partial charge in [-0.25, -0.2) is 4.39 Å². The maximum Gasteiger partial charge on any atom is 0.419 e. The molecule has 2 aromatic carbocycles. The Morgan fingerprint density at radius 1 is 1.12 bits per heavy atom. The third-order valence-electron chi connectivity index (χ3n) is 3.50. The molecule has 0 bridgehead atoms. The van der Waals surface area contributed by atoms with E-state index < -0.39 is 23.7 Å². The van der Waals surface area contributed by atoms with Crippen LogP contribution in [0.3, 0.4) is 0 Å². The van der Waals surface area contributed by atoms with Crippen molar-refractivity contribution in [2.24, 2.45) is 0 Å². The minimum Gasteiger partial charge on any atom is -0.497 e. The smallest absolute Gasteiger partial charge is 0.419 e. The highest BCUT2D eigenvalue weighted by molar-refractivity contribution is 5.29. The molecule has 0 amide bonds. The van der Waals surface area contributed by atoms with E-state index in [1.807, 2.05) is 0 Å². The standard InChI is InChI=1S/C17H17F4NO2/c1-24-13-5-3-12(4-6-13)16(23)10-22-9-11-2-7-15(18)14(8-11)17(19,20)21/h2-8,16,22-23H,9-10H2,1H3. The van der Waals surface area contributed by atoms with E-state index in [2.05, 4.69) is 5.32 Å². The number of rotatable bonds is 6. The van der Waals surface area contributed by atoms with Crippen molar-refractivity contribution in [3.63, 3.8) is 0 Å². The fraction of sp³-hybridized carbons (Fsp3) is 0.294. The van der Waals surface area contributed by atoms with Crippen molar-refractivity contribution in [1.82, 2.24) is 5.32 Å². The first-order valence-electron chi connectivity index (χ1n) is 7.19. The van der Waals surface area contributed by atoms with Crippen molar-refractivity contribution >= 4 is 0 Å². The average molecular weight is 343 g/mol. The molecule has 2 rings (SSSR count). The van der Waals surface area contributed by atoms with E-state index in [4.69, 9.17) is 4.74 Å². The van der Waals surface area contributed by atoms with Gasteiger partial charge in [-0.2, -0.15) is 13.2 Å². The Labute approximate surface area is 136 Å². The van der Waals surface area contributed by atoms with Crippen molar-refractivity contribution in [2.45, 2.75) is 18.8 Å². The Balaban J connectivity index is 1.94. The van der Waals surface area contributed by atoms with Crippen molar-refractivity contribution < 1.29 is 27.4 Å². The molecule has 0 heterocycles. The van der Waals surface area contributed by atoms with Crippen LogP contribution in [0, 0.1) is 5.82 Å². The van der Waals surface area contributed by atoms with Gasteiger partial charge in [0.15, 0.2) is 0 Å². The normalized spacial score (nSPS) is 12.9. The fourth-order valence-electron chi connectivity index (χ4n) is 2.20. The van der Waals surface area contributed by atoms with Crippen LogP contribution in [0.2, 0.25) is 0 Å². The molecule has 0 spiro atoms. The van der Waals surface area contributed by atoms with Crippen molar-refractivity contribution in [3.05, 3.63) is 65.0 Å². The van der Waals surface area contributed by atoms with E-state index in [9.17, 15) is 22.7 Å². The van der Waals surface area contributed by atoms with E-state index >= 15 is 0 Å². The minimum atomic E-state index is -4.73. The van der Waals surface area contributed by atoms with Gasteiger partial charge >= 0.3 is 6.18 Å². The number of alkyl halides is 3. The molecule has 0 radical (unpaired) electrons. The minimum absolute atomic E-state index is 0.0799. The lowest BCUT2D eigenvalue weighted by atomic mass is 10.1. The summed E-state index contributed by atoms with van der Waals surface area (Å²) in [6.07, 6.45) is -5.55. The lowest BCUT2D eigenvalue weighted by Crippen LogP contribution is -2.21. The molecule has 24 heavy (non-hydrogen) atoms. The first-order chi connectivity index (χ1) is 11.3. The molecular formula is C17H17F4NO2. The summed E-state index contributed by atoms with van der Waals surface area (Å²) in [5, 5.41) is 12.9. The Morgan fingerprint density at radius 2 is 1.79 bits per heavy atom. The summed E-state index contributed by atoms with van der Waals surface area (Å²) in [6.45, 7) is 0.224. The molecule has 0 aliphatic heterocycles. The SMILES string of the molecule is COc1ccc(C(O)CNCc2ccc(F)c(C(F)(F)F)c2)cc1. The quantitative estimate of drug-likeness (QED) is 0.787. The third-order valence-corrected chi connectivity index (χ3v) is 3.50. The molecular weight excluding hydrogens is 326 g/mol. The van der Waals surface area contributed by atoms with Crippen molar-refractivity contribution in [2.75, 3.05) is 13.7 Å². The molecule has 2 aromatic rings. The average Bonchev–Trinajstić information content (AvgIpc) is 2.55. The van der Waals surface area contributed by atoms with Gasteiger partial charge in [0.05, 0.1) is 18.8 Å². The molecule has 0 aromatic heterocycles. The van der Waals surface area contributed by atoms with Crippen LogP contribution >= 0.6 is 0 Å². The molecule has 0 aliphatic carbocycles. The number of ether oxygens (including phenoxy) is 1. The second kappa shape index (κ2) is 7.63. The van der Waals surface area contributed by atoms with Gasteiger partial charge in [0.25, 0.3) is 0 Å². The monoisotopic (exact) mass is 343 g/mol. The molecule has 0 saturated carbocycles. The van der Waals surface area contributed by atoms with Gasteiger partial charge in [0, 0.05) is 13.1 Å². The predicted molar refractivity (Wildman–Crippen MR) is 81.1 cm³/mol. The number of hydrogen-bond donors (Lipinski definition) is 2. The Kier molecular flexibility index (Phi) is 5.80. The van der Waals surface area contributed by atoms with Crippen molar-refractivity contribution in [1.29, 1.82) is 0 Å². The zero-order valence-corrected chi connectivity index (χ0v) is 12.9. The lowest BCUT2D eigenvalue weighted by molar-refractivity contribution is -0.140. The number of nitrogens with one attached hydrogen (secondary N) is 1. The van der Waals surface area contributed by atoms with E-state index in [0.29, 0.717) is 11.3 Å². The van der Waals surface area contributed by atoms with E-state index in [1.165, 1.54) is 13.2 Å². The Hall–Kier alpha value is -2.12. The van der Waals surface area contributed by atoms with Crippen LogP contribution in [0.25, 0.3) is 0 Å². The van der Waals surface area contributed by atoms with Gasteiger partial charge in [-0.15, -0.1) is 0 Å². The number of benzene rings is 2. The number of methoxy groups -OCH3 is 1. The van der Waals surface area contributed by atoms with Crippen LogP contribution in [0.15, 0.2) is 42.5 Å². The van der Waals surface area contributed by atoms with Crippen molar-refractivity contribution in [3.8, 4) is 5.75 Å². The molecule has 1 atom stereocenters. The number of halogens is 4. The van der Waals surface area contributed by atoms with Crippen LogP contribution in [0.5, 0.6) is 5.75 Å². The van der Waals surface area contributed by atoms with E-state index in [1.54, 1.807) is 24.3 Å². The molecule has 0 aliphatic rings. The summed E-state index contributed by atoms with van der Waals surface area (Å²) in [7, 11) is 1.53. The van der Waals surface area contributed by atoms with Gasteiger partial charge in [-0.3, -0.25) is 0 Å². The second-order valence-electron chi connectivity index (χ2n) is 5.23. The maximum absolute atomic E-state index is 13.2. The largest absolute Gasteiger partial charge is 0.497 e. The summed E-state index contributed by atoms with van der Waals surface area (Å²) in [6, 6.07) is 9.64. The first kappa shape index (κ1) is 18.2. The first-order valence-corrected chi connectivity index (χ1v) is 7.19. The highest BCUT2D eigenvalue weighted by Crippen LogP contribution is 2.31. The van der Waals surface area contributed by atoms with E-state index in [0.717, 1.165) is 12.1 Å². The summed E-state index contributed by atoms with van der Waals surface area (Å²) < 4.78 is 56.2. The molecule has 3 nitrogen and oxygen atoms in total. The summed E-state index contributed by atoms with van der Waals surface area (Å²) in [5.41, 5.74) is -0.360. The molecule has 1 unspecified atom stereocenters. The molecule has 130 valence electrons. The third kappa shape index (κ3) is 4.69. The summed E-state index contributed by atoms with van der Waals surface area (Å²) in [5.74, 6) is -0.644. The molecule has 2 N–H and O–H groups in total. The lowest BCUT2D eigenvalue weighted by Gasteiger charge is -2.14. The molecule has 0 fully saturated rings. The zero-order chi connectivity index (χ0) is 17.7. The van der Waals surface area contributed by atoms with Crippen LogP contribution in [-0.4, -0.2) is 18.8 Å². The number of hydrogen-bond acceptors (Lipinski definition) is 3. The van der Waals surface area contributed by atoms with Gasteiger partial charge in [0.2, 0.25) is 0 Å². The van der Waals surface area contributed by atoms with E-state index in [-0.39, 0.29) is 18.7 Å². The van der Waals surface area contributed by atoms with Crippen LogP contribution in [0.4, 0.5) is 17.6 Å². The number of aliphatic hydroxyl groups excluding tert-OH is 1. The number of aliphatic hydroxyl groups is 1. The molecule has 7 heteroatoms. The van der Waals surface area contributed by atoms with Crippen LogP contribution < -0.4 is 10.1 Å². The maximum atomic E-state index is 13.2. The Morgan fingerprint density at radius 3 is 2.38 bits per heavy atom. The van der Waals surface area contributed by atoms with Gasteiger partial charge in [-0.05, 0) is 35.4 Å². The van der Waals surface area contributed by atoms with Gasteiger partial charge < -0.3 is 15.2 Å². The predicted octanol–water partition coefficient (Wildman–Crippen LogP) is 3.68. The highest BCUT2D eigenvalue weighted by Gasteiger charge is 2.34. The fourth-order valence-corrected chi connectivity index (χ4v) is 2.20. The van der Waals surface area contributed by atoms with Gasteiger partial charge in [-0.1, -0.05) is 18.2 Å². The summed E-state index contributed by atoms with van der Waals surface area (Å²) >= 11 is 0. The van der Waals surface area contributed by atoms with Gasteiger partial charge in [0.1, 0.15) is 11.6 Å². The summed E-state index contributed by atoms with van der Waals surface area (Å²) in [4.78, 5) is 0. The van der Waals surface area contributed by atoms with Crippen LogP contribution in [0.1, 0.15) is 22.8 Å². The zero-order valence-electron chi connectivity index (χ0n) is 12.9. The van der Waals surface area contributed by atoms with Crippen LogP contribution in [-0.2, 0) is 12.7 Å².